The molecule has 0 saturated carbocycles. The zero-order chi connectivity index (χ0) is 26.1. The van der Waals surface area contributed by atoms with Gasteiger partial charge < -0.3 is 19.5 Å². The zero-order valence-corrected chi connectivity index (χ0v) is 20.7. The second-order valence-electron chi connectivity index (χ2n) is 9.05. The molecule has 1 N–H and O–H groups in total. The maximum Gasteiger partial charge on any atom is 0.414 e. The second kappa shape index (κ2) is 9.84. The minimum absolute atomic E-state index is 0.207. The van der Waals surface area contributed by atoms with E-state index in [2.05, 4.69) is 20.3 Å². The number of cyclic esters (lactones) is 1. The number of nitrogens with one attached hydrogen (secondary N) is 1. The summed E-state index contributed by atoms with van der Waals surface area (Å²) >= 11 is 0. The van der Waals surface area contributed by atoms with Crippen LogP contribution in [0.15, 0.2) is 55.1 Å². The summed E-state index contributed by atoms with van der Waals surface area (Å²) in [5.74, 6) is 0.0991. The summed E-state index contributed by atoms with van der Waals surface area (Å²) < 4.78 is 22.3. The quantitative estimate of drug-likeness (QED) is 0.413. The topological polar surface area (TPSA) is 105 Å². The van der Waals surface area contributed by atoms with Gasteiger partial charge in [-0.25, -0.2) is 24.1 Å². The molecule has 0 aliphatic carbocycles. The average Bonchev–Trinajstić information content (AvgIpc) is 3.46. The number of hydrogen-bond donors (Lipinski definition) is 1. The van der Waals surface area contributed by atoms with Crippen LogP contribution in [0, 0.1) is 5.82 Å². The van der Waals surface area contributed by atoms with Crippen LogP contribution in [-0.2, 0) is 16.1 Å². The van der Waals surface area contributed by atoms with E-state index in [4.69, 9.17) is 4.74 Å². The molecule has 0 radical (unpaired) electrons. The van der Waals surface area contributed by atoms with Gasteiger partial charge >= 0.3 is 6.09 Å². The molecule has 37 heavy (non-hydrogen) atoms. The summed E-state index contributed by atoms with van der Waals surface area (Å²) in [5.41, 5.74) is 4.02. The van der Waals surface area contributed by atoms with Crippen molar-refractivity contribution in [2.75, 3.05) is 37.0 Å². The van der Waals surface area contributed by atoms with Crippen molar-refractivity contribution in [2.24, 2.45) is 0 Å². The SMILES string of the molecule is CC(=O)NCC1CN(c2ccc(-c3ccc(Cn4cnc5c(N(C)C)ncnc54)cc3)c(F)c2)C(=O)O1. The number of amides is 2. The van der Waals surface area contributed by atoms with Gasteiger partial charge in [0.25, 0.3) is 0 Å². The van der Waals surface area contributed by atoms with Gasteiger partial charge in [-0.2, -0.15) is 0 Å². The van der Waals surface area contributed by atoms with Crippen LogP contribution >= 0.6 is 0 Å². The van der Waals surface area contributed by atoms with E-state index in [9.17, 15) is 9.59 Å². The van der Waals surface area contributed by atoms with Crippen molar-refractivity contribution < 1.29 is 18.7 Å². The summed E-state index contributed by atoms with van der Waals surface area (Å²) in [5, 5.41) is 2.63. The van der Waals surface area contributed by atoms with E-state index < -0.39 is 18.0 Å². The molecule has 1 unspecified atom stereocenters. The summed E-state index contributed by atoms with van der Waals surface area (Å²) in [6, 6.07) is 12.3. The Bertz CT molecular complexity index is 1470. The Balaban J connectivity index is 1.30. The molecule has 10 nitrogen and oxygen atoms in total. The van der Waals surface area contributed by atoms with Crippen LogP contribution < -0.4 is 15.1 Å². The van der Waals surface area contributed by atoms with Gasteiger partial charge in [0, 0.05) is 26.6 Å². The van der Waals surface area contributed by atoms with Crippen LogP contribution in [0.5, 0.6) is 0 Å². The molecule has 1 saturated heterocycles. The Morgan fingerprint density at radius 2 is 1.95 bits per heavy atom. The molecule has 0 spiro atoms. The molecule has 0 bridgehead atoms. The molecule has 2 aromatic heterocycles. The first-order valence-corrected chi connectivity index (χ1v) is 11.7. The number of ether oxygens (including phenoxy) is 1. The van der Waals surface area contributed by atoms with Gasteiger partial charge in [0.2, 0.25) is 5.91 Å². The Morgan fingerprint density at radius 3 is 2.65 bits per heavy atom. The molecule has 2 amide bonds. The van der Waals surface area contributed by atoms with Gasteiger partial charge in [-0.05, 0) is 29.3 Å². The zero-order valence-electron chi connectivity index (χ0n) is 20.7. The number of nitrogens with zero attached hydrogens (tertiary/aromatic N) is 6. The minimum atomic E-state index is -0.568. The number of aromatic nitrogens is 4. The van der Waals surface area contributed by atoms with Crippen LogP contribution in [-0.4, -0.2) is 64.8 Å². The van der Waals surface area contributed by atoms with Gasteiger partial charge in [0.05, 0.1) is 31.6 Å². The standard InChI is InChI=1S/C26H26FN7O3/c1-16(35)28-11-20-13-34(26(36)37-20)19-8-9-21(22(27)10-19)18-6-4-17(5-7-18)12-33-15-31-23-24(32(2)3)29-14-30-25(23)33/h4-10,14-15,20H,11-13H2,1-3H3,(H,28,35). The molecular formula is C26H26FN7O3. The smallest absolute Gasteiger partial charge is 0.414 e. The molecule has 1 aliphatic heterocycles. The highest BCUT2D eigenvalue weighted by Crippen LogP contribution is 2.29. The fourth-order valence-corrected chi connectivity index (χ4v) is 4.30. The number of carbonyl (C=O) groups is 2. The van der Waals surface area contributed by atoms with Crippen molar-refractivity contribution in [3.05, 3.63) is 66.5 Å². The number of benzene rings is 2. The van der Waals surface area contributed by atoms with Crippen molar-refractivity contribution in [1.82, 2.24) is 24.8 Å². The number of fused-ring (bicyclic) bond motifs is 1. The summed E-state index contributed by atoms with van der Waals surface area (Å²) in [6.45, 7) is 2.39. The summed E-state index contributed by atoms with van der Waals surface area (Å²) in [7, 11) is 3.82. The molecule has 190 valence electrons. The van der Waals surface area contributed by atoms with Gasteiger partial charge in [-0.15, -0.1) is 0 Å². The maximum absolute atomic E-state index is 15.1. The lowest BCUT2D eigenvalue weighted by Crippen LogP contribution is -2.33. The van der Waals surface area contributed by atoms with E-state index in [1.54, 1.807) is 18.5 Å². The van der Waals surface area contributed by atoms with E-state index in [0.29, 0.717) is 23.4 Å². The Kier molecular flexibility index (Phi) is 6.43. The van der Waals surface area contributed by atoms with Crippen molar-refractivity contribution in [3.8, 4) is 11.1 Å². The number of rotatable bonds is 7. The molecule has 1 aliphatic rings. The lowest BCUT2D eigenvalue weighted by atomic mass is 10.0. The molecule has 3 heterocycles. The summed E-state index contributed by atoms with van der Waals surface area (Å²) in [6.07, 6.45) is 2.21. The molecule has 5 rings (SSSR count). The van der Waals surface area contributed by atoms with E-state index in [-0.39, 0.29) is 19.0 Å². The molecule has 1 atom stereocenters. The normalized spacial score (nSPS) is 15.2. The van der Waals surface area contributed by atoms with Crippen LogP contribution in [0.3, 0.4) is 0 Å². The summed E-state index contributed by atoms with van der Waals surface area (Å²) in [4.78, 5) is 39.8. The lowest BCUT2D eigenvalue weighted by molar-refractivity contribution is -0.119. The molecule has 11 heteroatoms. The van der Waals surface area contributed by atoms with Crippen LogP contribution in [0.2, 0.25) is 0 Å². The van der Waals surface area contributed by atoms with E-state index >= 15 is 4.39 Å². The Morgan fingerprint density at radius 1 is 1.16 bits per heavy atom. The van der Waals surface area contributed by atoms with Gasteiger partial charge in [-0.3, -0.25) is 9.69 Å². The van der Waals surface area contributed by atoms with Crippen molar-refractivity contribution in [3.63, 3.8) is 0 Å². The van der Waals surface area contributed by atoms with Crippen molar-refractivity contribution >= 4 is 34.7 Å². The van der Waals surface area contributed by atoms with E-state index in [1.807, 2.05) is 47.8 Å². The fraction of sp³-hybridized carbons (Fsp3) is 0.269. The predicted molar refractivity (Wildman–Crippen MR) is 137 cm³/mol. The Hall–Kier alpha value is -4.54. The highest BCUT2D eigenvalue weighted by Gasteiger charge is 2.32. The van der Waals surface area contributed by atoms with Crippen molar-refractivity contribution in [1.29, 1.82) is 0 Å². The predicted octanol–water partition coefficient (Wildman–Crippen LogP) is 3.21. The largest absolute Gasteiger partial charge is 0.442 e. The number of hydrogen-bond acceptors (Lipinski definition) is 7. The van der Waals surface area contributed by atoms with E-state index in [0.717, 1.165) is 22.5 Å². The van der Waals surface area contributed by atoms with Crippen LogP contribution in [0.4, 0.5) is 20.7 Å². The molecule has 4 aromatic rings. The van der Waals surface area contributed by atoms with Gasteiger partial charge in [0.15, 0.2) is 17.0 Å². The second-order valence-corrected chi connectivity index (χ2v) is 9.05. The first-order chi connectivity index (χ1) is 17.8. The number of carbonyl (C=O) groups excluding carboxylic acids is 2. The third-order valence-corrected chi connectivity index (χ3v) is 6.14. The number of anilines is 2. The van der Waals surface area contributed by atoms with Crippen molar-refractivity contribution in [2.45, 2.75) is 19.6 Å². The number of halogens is 1. The van der Waals surface area contributed by atoms with E-state index in [1.165, 1.54) is 24.2 Å². The molecule has 2 aromatic carbocycles. The molecule has 1 fully saturated rings. The van der Waals surface area contributed by atoms with Crippen LogP contribution in [0.1, 0.15) is 12.5 Å². The highest BCUT2D eigenvalue weighted by molar-refractivity contribution is 5.90. The average molecular weight is 504 g/mol. The monoisotopic (exact) mass is 503 g/mol. The third-order valence-electron chi connectivity index (χ3n) is 6.14. The molecular weight excluding hydrogens is 477 g/mol. The van der Waals surface area contributed by atoms with Crippen LogP contribution in [0.25, 0.3) is 22.3 Å². The first-order valence-electron chi connectivity index (χ1n) is 11.7. The number of imidazole rings is 1. The lowest BCUT2D eigenvalue weighted by Gasteiger charge is -2.15. The Labute approximate surface area is 212 Å². The third kappa shape index (κ3) is 4.92. The fourth-order valence-electron chi connectivity index (χ4n) is 4.30. The van der Waals surface area contributed by atoms with Gasteiger partial charge in [0.1, 0.15) is 18.2 Å². The highest BCUT2D eigenvalue weighted by atomic mass is 19.1. The minimum Gasteiger partial charge on any atom is -0.442 e. The van der Waals surface area contributed by atoms with Gasteiger partial charge in [-0.1, -0.05) is 24.3 Å². The maximum atomic E-state index is 15.1. The first kappa shape index (κ1) is 24.2.